The fourth-order valence-electron chi connectivity index (χ4n) is 1.10. The molecule has 0 aliphatic heterocycles. The number of benzene rings is 1. The predicted octanol–water partition coefficient (Wildman–Crippen LogP) is 2.65. The summed E-state index contributed by atoms with van der Waals surface area (Å²) in [7, 11) is 0. The van der Waals surface area contributed by atoms with Crippen molar-refractivity contribution >= 4 is 5.97 Å². The molecule has 1 aromatic carbocycles. The molecule has 0 amide bonds. The zero-order chi connectivity index (χ0) is 10.4. The van der Waals surface area contributed by atoms with E-state index in [4.69, 9.17) is 4.74 Å². The van der Waals surface area contributed by atoms with Crippen LogP contribution in [0.3, 0.4) is 0 Å². The molecule has 0 bridgehead atoms. The highest BCUT2D eigenvalue weighted by atomic mass is 19.1. The van der Waals surface area contributed by atoms with Crippen LogP contribution < -0.4 is 0 Å². The highest BCUT2D eigenvalue weighted by molar-refractivity contribution is 5.69. The molecule has 0 saturated carbocycles. The van der Waals surface area contributed by atoms with Crippen molar-refractivity contribution < 1.29 is 13.9 Å². The van der Waals surface area contributed by atoms with E-state index in [2.05, 4.69) is 0 Å². The molecule has 0 aliphatic carbocycles. The summed E-state index contributed by atoms with van der Waals surface area (Å²) in [6, 6.07) is 8.90. The summed E-state index contributed by atoms with van der Waals surface area (Å²) in [6.07, 6.45) is -0.493. The van der Waals surface area contributed by atoms with E-state index < -0.39 is 12.8 Å². The van der Waals surface area contributed by atoms with Gasteiger partial charge in [-0.1, -0.05) is 37.3 Å². The van der Waals surface area contributed by atoms with Crippen LogP contribution in [0.25, 0.3) is 0 Å². The van der Waals surface area contributed by atoms with Crippen molar-refractivity contribution in [2.75, 3.05) is 6.67 Å². The van der Waals surface area contributed by atoms with E-state index in [0.717, 1.165) is 0 Å². The number of rotatable bonds is 4. The Morgan fingerprint density at radius 1 is 1.43 bits per heavy atom. The van der Waals surface area contributed by atoms with Gasteiger partial charge in [-0.25, -0.2) is 4.39 Å². The van der Waals surface area contributed by atoms with Crippen LogP contribution in [0.1, 0.15) is 25.0 Å². The lowest BCUT2D eigenvalue weighted by Crippen LogP contribution is -2.11. The first-order chi connectivity index (χ1) is 6.77. The van der Waals surface area contributed by atoms with Crippen molar-refractivity contribution in [1.82, 2.24) is 0 Å². The number of esters is 1. The molecule has 76 valence electrons. The molecule has 0 N–H and O–H groups in total. The Morgan fingerprint density at radius 2 is 2.07 bits per heavy atom. The summed E-state index contributed by atoms with van der Waals surface area (Å²) in [4.78, 5) is 11.0. The van der Waals surface area contributed by atoms with Gasteiger partial charge in [0.25, 0.3) is 0 Å². The van der Waals surface area contributed by atoms with Crippen LogP contribution in [-0.2, 0) is 9.53 Å². The predicted molar refractivity (Wildman–Crippen MR) is 51.5 cm³/mol. The Labute approximate surface area is 82.7 Å². The molecule has 0 saturated heterocycles. The van der Waals surface area contributed by atoms with Crippen LogP contribution in [-0.4, -0.2) is 12.6 Å². The van der Waals surface area contributed by atoms with Crippen molar-refractivity contribution in [3.8, 4) is 0 Å². The Bertz CT molecular complexity index is 285. The van der Waals surface area contributed by atoms with Crippen molar-refractivity contribution in [2.45, 2.75) is 19.4 Å². The fourth-order valence-corrected chi connectivity index (χ4v) is 1.10. The smallest absolute Gasteiger partial charge is 0.306 e. The Kier molecular flexibility index (Phi) is 4.11. The topological polar surface area (TPSA) is 26.3 Å². The van der Waals surface area contributed by atoms with E-state index in [1.54, 1.807) is 31.2 Å². The summed E-state index contributed by atoms with van der Waals surface area (Å²) in [5.74, 6) is -0.378. The first-order valence-electron chi connectivity index (χ1n) is 4.58. The van der Waals surface area contributed by atoms with Crippen LogP contribution in [0.4, 0.5) is 4.39 Å². The number of hydrogen-bond donors (Lipinski definition) is 0. The normalized spacial score (nSPS) is 12.1. The van der Waals surface area contributed by atoms with Crippen LogP contribution in [0.15, 0.2) is 30.3 Å². The third-order valence-electron chi connectivity index (χ3n) is 1.87. The largest absolute Gasteiger partial charge is 0.455 e. The number of halogens is 1. The van der Waals surface area contributed by atoms with Gasteiger partial charge in [-0.15, -0.1) is 0 Å². The standard InChI is InChI=1S/C11H13FO2/c1-2-11(13)14-10(8-12)9-6-4-3-5-7-9/h3-7,10H,2,8H2,1H3. The van der Waals surface area contributed by atoms with Gasteiger partial charge in [-0.2, -0.15) is 0 Å². The van der Waals surface area contributed by atoms with Crippen molar-refractivity contribution in [3.05, 3.63) is 35.9 Å². The van der Waals surface area contributed by atoms with E-state index in [1.807, 2.05) is 6.07 Å². The Balaban J connectivity index is 2.68. The molecule has 3 heteroatoms. The molecule has 1 unspecified atom stereocenters. The average Bonchev–Trinajstić information content (AvgIpc) is 2.26. The molecule has 0 aromatic heterocycles. The molecule has 0 radical (unpaired) electrons. The molecule has 0 spiro atoms. The molecule has 14 heavy (non-hydrogen) atoms. The minimum atomic E-state index is -0.761. The van der Waals surface area contributed by atoms with Crippen molar-refractivity contribution in [3.63, 3.8) is 0 Å². The van der Waals surface area contributed by atoms with Crippen LogP contribution >= 0.6 is 0 Å². The molecular formula is C11H13FO2. The molecule has 1 aromatic rings. The molecule has 0 heterocycles. The maximum Gasteiger partial charge on any atom is 0.306 e. The Morgan fingerprint density at radius 3 is 2.57 bits per heavy atom. The fraction of sp³-hybridized carbons (Fsp3) is 0.364. The first kappa shape index (κ1) is 10.7. The van der Waals surface area contributed by atoms with E-state index in [-0.39, 0.29) is 12.4 Å². The quantitative estimate of drug-likeness (QED) is 0.692. The summed E-state index contributed by atoms with van der Waals surface area (Å²) in [6.45, 7) is 0.998. The minimum Gasteiger partial charge on any atom is -0.455 e. The van der Waals surface area contributed by atoms with Gasteiger partial charge in [0, 0.05) is 6.42 Å². The Hall–Kier alpha value is -1.38. The highest BCUT2D eigenvalue weighted by Gasteiger charge is 2.14. The number of carbonyl (C=O) groups is 1. The van der Waals surface area contributed by atoms with Crippen LogP contribution in [0.2, 0.25) is 0 Å². The van der Waals surface area contributed by atoms with Gasteiger partial charge in [-0.05, 0) is 5.56 Å². The van der Waals surface area contributed by atoms with Gasteiger partial charge in [-0.3, -0.25) is 4.79 Å². The maximum absolute atomic E-state index is 12.6. The first-order valence-corrected chi connectivity index (χ1v) is 4.58. The van der Waals surface area contributed by atoms with E-state index in [0.29, 0.717) is 5.56 Å². The van der Waals surface area contributed by atoms with Gasteiger partial charge in [0.15, 0.2) is 6.10 Å². The molecule has 2 nitrogen and oxygen atoms in total. The summed E-state index contributed by atoms with van der Waals surface area (Å²) in [5.41, 5.74) is 0.691. The zero-order valence-electron chi connectivity index (χ0n) is 8.07. The number of carbonyl (C=O) groups excluding carboxylic acids is 1. The van der Waals surface area contributed by atoms with E-state index >= 15 is 0 Å². The molecule has 0 aliphatic rings. The second kappa shape index (κ2) is 5.37. The summed E-state index contributed by atoms with van der Waals surface area (Å²) < 4.78 is 17.5. The van der Waals surface area contributed by atoms with Gasteiger partial charge in [0.1, 0.15) is 6.67 Å². The van der Waals surface area contributed by atoms with E-state index in [1.165, 1.54) is 0 Å². The van der Waals surface area contributed by atoms with Gasteiger partial charge in [0.2, 0.25) is 0 Å². The molecule has 1 rings (SSSR count). The lowest BCUT2D eigenvalue weighted by Gasteiger charge is -2.14. The number of hydrogen-bond acceptors (Lipinski definition) is 2. The number of alkyl halides is 1. The average molecular weight is 196 g/mol. The van der Waals surface area contributed by atoms with Crippen molar-refractivity contribution in [1.29, 1.82) is 0 Å². The van der Waals surface area contributed by atoms with Crippen molar-refractivity contribution in [2.24, 2.45) is 0 Å². The zero-order valence-corrected chi connectivity index (χ0v) is 8.07. The second-order valence-corrected chi connectivity index (χ2v) is 2.90. The van der Waals surface area contributed by atoms with Gasteiger partial charge >= 0.3 is 5.97 Å². The van der Waals surface area contributed by atoms with E-state index in [9.17, 15) is 9.18 Å². The lowest BCUT2D eigenvalue weighted by molar-refractivity contribution is -0.149. The van der Waals surface area contributed by atoms with Gasteiger partial charge < -0.3 is 4.74 Å². The van der Waals surface area contributed by atoms with Gasteiger partial charge in [0.05, 0.1) is 0 Å². The van der Waals surface area contributed by atoms with Crippen LogP contribution in [0, 0.1) is 0 Å². The summed E-state index contributed by atoms with van der Waals surface area (Å²) >= 11 is 0. The molecular weight excluding hydrogens is 183 g/mol. The second-order valence-electron chi connectivity index (χ2n) is 2.90. The molecule has 1 atom stereocenters. The third kappa shape index (κ3) is 2.83. The highest BCUT2D eigenvalue weighted by Crippen LogP contribution is 2.18. The van der Waals surface area contributed by atoms with Crippen LogP contribution in [0.5, 0.6) is 0 Å². The maximum atomic E-state index is 12.6. The third-order valence-corrected chi connectivity index (χ3v) is 1.87. The lowest BCUT2D eigenvalue weighted by atomic mass is 10.1. The molecule has 0 fully saturated rings. The summed E-state index contributed by atoms with van der Waals surface area (Å²) in [5, 5.41) is 0. The number of ether oxygens (including phenoxy) is 1. The SMILES string of the molecule is CCC(=O)OC(CF)c1ccccc1. The minimum absolute atomic E-state index is 0.267. The monoisotopic (exact) mass is 196 g/mol.